The smallest absolute Gasteiger partial charge is 0.253 e. The molecule has 1 aliphatic rings. The first-order valence-electron chi connectivity index (χ1n) is 8.76. The molecule has 0 bridgehead atoms. The molecule has 0 spiro atoms. The number of halogens is 3. The first kappa shape index (κ1) is 19.3. The van der Waals surface area contributed by atoms with Crippen molar-refractivity contribution in [3.63, 3.8) is 0 Å². The highest BCUT2D eigenvalue weighted by molar-refractivity contribution is 6.33. The molecule has 0 aliphatic carbocycles. The zero-order valence-electron chi connectivity index (χ0n) is 14.6. The molecule has 0 saturated carbocycles. The van der Waals surface area contributed by atoms with Gasteiger partial charge in [0.1, 0.15) is 0 Å². The van der Waals surface area contributed by atoms with Crippen molar-refractivity contribution in [2.24, 2.45) is 0 Å². The Morgan fingerprint density at radius 1 is 1.04 bits per heavy atom. The molecule has 142 valence electrons. The molecule has 0 unspecified atom stereocenters. The Kier molecular flexibility index (Phi) is 6.06. The highest BCUT2D eigenvalue weighted by atomic mass is 35.5. The standard InChI is InChI=1S/C20H19ClF2N2O2/c21-16-11-18(23)17(22)10-15(16)19(26)24-12-13-5-4-6-14(9-13)20(27)25-7-2-1-3-8-25/h4-6,9-11H,1-3,7-8,12H2,(H,24,26). The molecule has 2 aromatic carbocycles. The zero-order valence-corrected chi connectivity index (χ0v) is 15.4. The fourth-order valence-electron chi connectivity index (χ4n) is 3.07. The second-order valence-corrected chi connectivity index (χ2v) is 6.89. The van der Waals surface area contributed by atoms with Crippen LogP contribution in [0.1, 0.15) is 45.5 Å². The number of amides is 2. The van der Waals surface area contributed by atoms with E-state index in [9.17, 15) is 18.4 Å². The molecular weight excluding hydrogens is 374 g/mol. The SMILES string of the molecule is O=C(NCc1cccc(C(=O)N2CCCCC2)c1)c1cc(F)c(F)cc1Cl. The molecule has 0 radical (unpaired) electrons. The van der Waals surface area contributed by atoms with Crippen LogP contribution in [0.3, 0.4) is 0 Å². The van der Waals surface area contributed by atoms with Gasteiger partial charge in [0.2, 0.25) is 0 Å². The summed E-state index contributed by atoms with van der Waals surface area (Å²) in [7, 11) is 0. The largest absolute Gasteiger partial charge is 0.348 e. The lowest BCUT2D eigenvalue weighted by molar-refractivity contribution is 0.0724. The Labute approximate surface area is 161 Å². The van der Waals surface area contributed by atoms with Crippen molar-refractivity contribution >= 4 is 23.4 Å². The molecule has 27 heavy (non-hydrogen) atoms. The maximum atomic E-state index is 13.3. The number of hydrogen-bond acceptors (Lipinski definition) is 2. The van der Waals surface area contributed by atoms with Gasteiger partial charge in [-0.1, -0.05) is 23.7 Å². The average Bonchev–Trinajstić information content (AvgIpc) is 2.69. The number of benzene rings is 2. The molecule has 3 rings (SSSR count). The normalized spacial score (nSPS) is 14.1. The first-order chi connectivity index (χ1) is 13.0. The van der Waals surface area contributed by atoms with Crippen molar-refractivity contribution in [1.29, 1.82) is 0 Å². The van der Waals surface area contributed by atoms with E-state index in [0.29, 0.717) is 5.56 Å². The van der Waals surface area contributed by atoms with Crippen molar-refractivity contribution in [3.05, 3.63) is 69.7 Å². The maximum Gasteiger partial charge on any atom is 0.253 e. The fourth-order valence-corrected chi connectivity index (χ4v) is 3.30. The van der Waals surface area contributed by atoms with E-state index < -0.39 is 17.5 Å². The van der Waals surface area contributed by atoms with Gasteiger partial charge in [0.25, 0.3) is 11.8 Å². The summed E-state index contributed by atoms with van der Waals surface area (Å²) in [5.41, 5.74) is 1.15. The fraction of sp³-hybridized carbons (Fsp3) is 0.300. The van der Waals surface area contributed by atoms with Gasteiger partial charge < -0.3 is 10.2 Å². The van der Waals surface area contributed by atoms with Crippen LogP contribution >= 0.6 is 11.6 Å². The number of nitrogens with zero attached hydrogens (tertiary/aromatic N) is 1. The Morgan fingerprint density at radius 2 is 1.74 bits per heavy atom. The van der Waals surface area contributed by atoms with Gasteiger partial charge >= 0.3 is 0 Å². The number of hydrogen-bond donors (Lipinski definition) is 1. The van der Waals surface area contributed by atoms with Crippen LogP contribution in [0.2, 0.25) is 5.02 Å². The van der Waals surface area contributed by atoms with E-state index in [1.165, 1.54) is 0 Å². The Morgan fingerprint density at radius 3 is 2.48 bits per heavy atom. The van der Waals surface area contributed by atoms with Crippen LogP contribution in [0, 0.1) is 11.6 Å². The molecular formula is C20H19ClF2N2O2. The Hall–Kier alpha value is -2.47. The number of piperidine rings is 1. The molecule has 1 aliphatic heterocycles. The molecule has 1 saturated heterocycles. The predicted molar refractivity (Wildman–Crippen MR) is 98.7 cm³/mol. The van der Waals surface area contributed by atoms with Gasteiger partial charge in [-0.15, -0.1) is 0 Å². The van der Waals surface area contributed by atoms with Gasteiger partial charge in [0, 0.05) is 25.2 Å². The highest BCUT2D eigenvalue weighted by Gasteiger charge is 2.19. The summed E-state index contributed by atoms with van der Waals surface area (Å²) in [5.74, 6) is -2.89. The molecule has 2 aromatic rings. The van der Waals surface area contributed by atoms with Gasteiger partial charge in [0.15, 0.2) is 11.6 Å². The lowest BCUT2D eigenvalue weighted by atomic mass is 10.1. The number of nitrogens with one attached hydrogen (secondary N) is 1. The molecule has 0 atom stereocenters. The van der Waals surface area contributed by atoms with Crippen molar-refractivity contribution in [2.75, 3.05) is 13.1 Å². The van der Waals surface area contributed by atoms with Crippen LogP contribution in [0.5, 0.6) is 0 Å². The van der Waals surface area contributed by atoms with Gasteiger partial charge in [-0.3, -0.25) is 9.59 Å². The third-order valence-corrected chi connectivity index (χ3v) is 4.84. The predicted octanol–water partition coefficient (Wildman–Crippen LogP) is 4.17. The molecule has 0 aromatic heterocycles. The van der Waals surface area contributed by atoms with Gasteiger partial charge in [-0.2, -0.15) is 0 Å². The van der Waals surface area contributed by atoms with Crippen molar-refractivity contribution in [2.45, 2.75) is 25.8 Å². The van der Waals surface area contributed by atoms with Gasteiger partial charge in [-0.25, -0.2) is 8.78 Å². The van der Waals surface area contributed by atoms with Crippen molar-refractivity contribution in [3.8, 4) is 0 Å². The van der Waals surface area contributed by atoms with Crippen molar-refractivity contribution < 1.29 is 18.4 Å². The second-order valence-electron chi connectivity index (χ2n) is 6.48. The van der Waals surface area contributed by atoms with E-state index in [2.05, 4.69) is 5.32 Å². The first-order valence-corrected chi connectivity index (χ1v) is 9.14. The molecule has 1 heterocycles. The van der Waals surface area contributed by atoms with Crippen LogP contribution < -0.4 is 5.32 Å². The highest BCUT2D eigenvalue weighted by Crippen LogP contribution is 2.20. The minimum atomic E-state index is -1.14. The molecule has 1 N–H and O–H groups in total. The van der Waals surface area contributed by atoms with E-state index in [1.54, 1.807) is 24.3 Å². The van der Waals surface area contributed by atoms with E-state index >= 15 is 0 Å². The summed E-state index contributed by atoms with van der Waals surface area (Å²) >= 11 is 5.81. The molecule has 7 heteroatoms. The van der Waals surface area contributed by atoms with Gasteiger partial charge in [0.05, 0.1) is 10.6 Å². The van der Waals surface area contributed by atoms with E-state index in [4.69, 9.17) is 11.6 Å². The van der Waals surface area contributed by atoms with Crippen LogP contribution in [0.25, 0.3) is 0 Å². The minimum Gasteiger partial charge on any atom is -0.348 e. The number of rotatable bonds is 4. The summed E-state index contributed by atoms with van der Waals surface area (Å²) in [4.78, 5) is 26.6. The van der Waals surface area contributed by atoms with Crippen molar-refractivity contribution in [1.82, 2.24) is 10.2 Å². The average molecular weight is 393 g/mol. The molecule has 1 fully saturated rings. The van der Waals surface area contributed by atoms with Crippen LogP contribution in [0.15, 0.2) is 36.4 Å². The lowest BCUT2D eigenvalue weighted by Gasteiger charge is -2.26. The topological polar surface area (TPSA) is 49.4 Å². The number of carbonyl (C=O) groups is 2. The summed E-state index contributed by atoms with van der Waals surface area (Å²) in [6, 6.07) is 8.54. The van der Waals surface area contributed by atoms with Gasteiger partial charge in [-0.05, 0) is 49.1 Å². The Balaban J connectivity index is 1.67. The number of carbonyl (C=O) groups excluding carboxylic acids is 2. The summed E-state index contributed by atoms with van der Waals surface area (Å²) in [6.07, 6.45) is 3.16. The Bertz CT molecular complexity index is 867. The second kappa shape index (κ2) is 8.48. The van der Waals surface area contributed by atoms with Crippen LogP contribution in [0.4, 0.5) is 8.78 Å². The van der Waals surface area contributed by atoms with E-state index in [0.717, 1.165) is 50.0 Å². The summed E-state index contributed by atoms with van der Waals surface area (Å²) in [6.45, 7) is 1.65. The lowest BCUT2D eigenvalue weighted by Crippen LogP contribution is -2.35. The summed E-state index contributed by atoms with van der Waals surface area (Å²) in [5, 5.41) is 2.44. The quantitative estimate of drug-likeness (QED) is 0.794. The van der Waals surface area contributed by atoms with E-state index in [-0.39, 0.29) is 23.0 Å². The summed E-state index contributed by atoms with van der Waals surface area (Å²) < 4.78 is 26.5. The number of likely N-dealkylation sites (tertiary alicyclic amines) is 1. The minimum absolute atomic E-state index is 0.0217. The zero-order chi connectivity index (χ0) is 19.4. The van der Waals surface area contributed by atoms with Crippen LogP contribution in [-0.2, 0) is 6.54 Å². The third-order valence-electron chi connectivity index (χ3n) is 4.52. The van der Waals surface area contributed by atoms with Crippen LogP contribution in [-0.4, -0.2) is 29.8 Å². The maximum absolute atomic E-state index is 13.3. The molecule has 2 amide bonds. The third kappa shape index (κ3) is 4.63. The monoisotopic (exact) mass is 392 g/mol. The molecule has 4 nitrogen and oxygen atoms in total. The van der Waals surface area contributed by atoms with E-state index in [1.807, 2.05) is 4.90 Å².